The van der Waals surface area contributed by atoms with Crippen LogP contribution in [-0.2, 0) is 26.2 Å². The van der Waals surface area contributed by atoms with Gasteiger partial charge in [0.05, 0.1) is 11.9 Å². The highest BCUT2D eigenvalue weighted by atomic mass is 32.2. The van der Waals surface area contributed by atoms with E-state index in [1.54, 1.807) is 37.3 Å². The lowest BCUT2D eigenvalue weighted by Crippen LogP contribution is -2.48. The van der Waals surface area contributed by atoms with E-state index in [1.165, 1.54) is 21.3 Å². The maximum absolute atomic E-state index is 13.4. The molecule has 0 aromatic heterocycles. The molecular weight excluding hydrogens is 469 g/mol. The van der Waals surface area contributed by atoms with Gasteiger partial charge in [-0.3, -0.25) is 13.9 Å². The summed E-state index contributed by atoms with van der Waals surface area (Å²) in [7, 11) is -3.54. The van der Waals surface area contributed by atoms with E-state index in [9.17, 15) is 22.4 Å². The van der Waals surface area contributed by atoms with Gasteiger partial charge < -0.3 is 10.2 Å². The highest BCUT2D eigenvalue weighted by molar-refractivity contribution is 7.92. The molecule has 0 aliphatic rings. The third-order valence-electron chi connectivity index (χ3n) is 5.56. The monoisotopic (exact) mass is 505 g/mol. The number of amides is 2. The van der Waals surface area contributed by atoms with Crippen molar-refractivity contribution in [3.63, 3.8) is 0 Å². The van der Waals surface area contributed by atoms with Crippen LogP contribution in [0.4, 0.5) is 10.1 Å². The normalized spacial score (nSPS) is 12.3. The van der Waals surface area contributed by atoms with E-state index in [2.05, 4.69) is 5.32 Å². The van der Waals surface area contributed by atoms with Crippen LogP contribution >= 0.6 is 0 Å². The lowest BCUT2D eigenvalue weighted by molar-refractivity contribution is -0.140. The third kappa shape index (κ3) is 8.98. The summed E-state index contributed by atoms with van der Waals surface area (Å²) >= 11 is 0. The van der Waals surface area contributed by atoms with Crippen molar-refractivity contribution in [3.8, 4) is 0 Å². The fourth-order valence-corrected chi connectivity index (χ4v) is 4.57. The number of hydrogen-bond donors (Lipinski definition) is 1. The lowest BCUT2D eigenvalue weighted by Gasteiger charge is -2.29. The molecule has 2 rings (SSSR count). The summed E-state index contributed by atoms with van der Waals surface area (Å²) in [6.07, 6.45) is 1.47. The summed E-state index contributed by atoms with van der Waals surface area (Å²) in [4.78, 5) is 27.4. The Morgan fingerprint density at radius 2 is 1.71 bits per heavy atom. The standard InChI is InChI=1S/C26H36FN3O4S/c1-19(2)17-28-26(32)21(4)29(18-22-11-13-23(27)14-12-22)25(31)10-7-15-30(35(5,33)34)24-9-6-8-20(3)16-24/h6,8-9,11-14,16,19,21H,7,10,15,17-18H2,1-5H3,(H,28,32)/t21-/m0/s1. The molecule has 2 amide bonds. The number of rotatable bonds is 12. The molecule has 0 unspecified atom stereocenters. The van der Waals surface area contributed by atoms with Gasteiger partial charge in [-0.2, -0.15) is 0 Å². The third-order valence-corrected chi connectivity index (χ3v) is 6.75. The molecule has 0 bridgehead atoms. The summed E-state index contributed by atoms with van der Waals surface area (Å²) in [6.45, 7) is 8.26. The second-order valence-corrected chi connectivity index (χ2v) is 11.1. The minimum absolute atomic E-state index is 0.0564. The van der Waals surface area contributed by atoms with Crippen molar-refractivity contribution in [3.05, 3.63) is 65.5 Å². The first kappa shape index (κ1) is 28.3. The van der Waals surface area contributed by atoms with Crippen LogP contribution in [0.5, 0.6) is 0 Å². The molecule has 1 atom stereocenters. The Morgan fingerprint density at radius 1 is 1.06 bits per heavy atom. The Labute approximate surface area is 208 Å². The lowest BCUT2D eigenvalue weighted by atomic mass is 10.1. The van der Waals surface area contributed by atoms with Crippen molar-refractivity contribution >= 4 is 27.5 Å². The Morgan fingerprint density at radius 3 is 2.29 bits per heavy atom. The largest absolute Gasteiger partial charge is 0.354 e. The Kier molecular flexibility index (Phi) is 10.2. The smallest absolute Gasteiger partial charge is 0.242 e. The SMILES string of the molecule is Cc1cccc(N(CCCC(=O)N(Cc2ccc(F)cc2)[C@@H](C)C(=O)NCC(C)C)S(C)(=O)=O)c1. The maximum atomic E-state index is 13.4. The highest BCUT2D eigenvalue weighted by Gasteiger charge is 2.26. The van der Waals surface area contributed by atoms with Gasteiger partial charge in [-0.1, -0.05) is 38.1 Å². The van der Waals surface area contributed by atoms with Gasteiger partial charge in [-0.15, -0.1) is 0 Å². The van der Waals surface area contributed by atoms with Gasteiger partial charge in [0.1, 0.15) is 11.9 Å². The van der Waals surface area contributed by atoms with Gasteiger partial charge in [-0.05, 0) is 61.6 Å². The number of nitrogens with one attached hydrogen (secondary N) is 1. The summed E-state index contributed by atoms with van der Waals surface area (Å²) in [5, 5.41) is 2.85. The van der Waals surface area contributed by atoms with E-state index in [0.29, 0.717) is 17.8 Å². The Hall–Kier alpha value is -2.94. The van der Waals surface area contributed by atoms with E-state index in [4.69, 9.17) is 0 Å². The van der Waals surface area contributed by atoms with E-state index in [1.807, 2.05) is 26.8 Å². The number of hydrogen-bond acceptors (Lipinski definition) is 4. The Balaban J connectivity index is 2.15. The van der Waals surface area contributed by atoms with E-state index in [0.717, 1.165) is 11.8 Å². The van der Waals surface area contributed by atoms with Gasteiger partial charge in [-0.25, -0.2) is 12.8 Å². The molecule has 0 heterocycles. The van der Waals surface area contributed by atoms with Crippen LogP contribution in [-0.4, -0.2) is 50.5 Å². The molecule has 0 radical (unpaired) electrons. The quantitative estimate of drug-likeness (QED) is 0.475. The molecule has 2 aromatic carbocycles. The molecule has 0 aliphatic heterocycles. The molecule has 35 heavy (non-hydrogen) atoms. The minimum atomic E-state index is -3.54. The molecule has 9 heteroatoms. The number of anilines is 1. The zero-order chi connectivity index (χ0) is 26.2. The number of nitrogens with zero attached hydrogens (tertiary/aromatic N) is 2. The topological polar surface area (TPSA) is 86.8 Å². The summed E-state index contributed by atoms with van der Waals surface area (Å²) in [6, 6.07) is 12.2. The first-order valence-corrected chi connectivity index (χ1v) is 13.6. The van der Waals surface area contributed by atoms with Crippen LogP contribution in [0.15, 0.2) is 48.5 Å². The van der Waals surface area contributed by atoms with Crippen LogP contribution in [0.1, 0.15) is 44.7 Å². The van der Waals surface area contributed by atoms with Gasteiger partial charge in [0.25, 0.3) is 0 Å². The summed E-state index contributed by atoms with van der Waals surface area (Å²) in [5.41, 5.74) is 2.17. The van der Waals surface area contributed by atoms with Crippen molar-refractivity contribution in [2.24, 2.45) is 5.92 Å². The van der Waals surface area contributed by atoms with E-state index >= 15 is 0 Å². The van der Waals surface area contributed by atoms with Gasteiger partial charge in [0.15, 0.2) is 0 Å². The molecule has 0 spiro atoms. The van der Waals surface area contributed by atoms with Gasteiger partial charge in [0, 0.05) is 26.1 Å². The fraction of sp³-hybridized carbons (Fsp3) is 0.462. The average molecular weight is 506 g/mol. The Bertz CT molecular complexity index is 1100. The van der Waals surface area contributed by atoms with Crippen molar-refractivity contribution < 1.29 is 22.4 Å². The van der Waals surface area contributed by atoms with Crippen LogP contribution in [0.25, 0.3) is 0 Å². The molecule has 0 saturated carbocycles. The molecule has 0 fully saturated rings. The van der Waals surface area contributed by atoms with Crippen molar-refractivity contribution in [2.45, 2.75) is 53.1 Å². The molecule has 1 N–H and O–H groups in total. The molecule has 192 valence electrons. The van der Waals surface area contributed by atoms with Crippen LogP contribution < -0.4 is 9.62 Å². The van der Waals surface area contributed by atoms with E-state index in [-0.39, 0.29) is 49.5 Å². The summed E-state index contributed by atoms with van der Waals surface area (Å²) in [5.74, 6) is -0.673. The highest BCUT2D eigenvalue weighted by Crippen LogP contribution is 2.20. The van der Waals surface area contributed by atoms with Gasteiger partial charge >= 0.3 is 0 Å². The zero-order valence-electron chi connectivity index (χ0n) is 21.1. The van der Waals surface area contributed by atoms with Crippen LogP contribution in [0, 0.1) is 18.7 Å². The first-order chi connectivity index (χ1) is 16.4. The molecule has 0 saturated heterocycles. The number of carbonyl (C=O) groups is 2. The van der Waals surface area contributed by atoms with Crippen molar-refractivity contribution in [1.82, 2.24) is 10.2 Å². The van der Waals surface area contributed by atoms with Crippen LogP contribution in [0.2, 0.25) is 0 Å². The van der Waals surface area contributed by atoms with E-state index < -0.39 is 16.1 Å². The zero-order valence-corrected chi connectivity index (χ0v) is 21.9. The van der Waals surface area contributed by atoms with Gasteiger partial charge in [0.2, 0.25) is 21.8 Å². The summed E-state index contributed by atoms with van der Waals surface area (Å²) < 4.78 is 39.4. The molecule has 7 nitrogen and oxygen atoms in total. The number of halogens is 1. The molecule has 0 aliphatic carbocycles. The van der Waals surface area contributed by atoms with Crippen molar-refractivity contribution in [2.75, 3.05) is 23.7 Å². The van der Waals surface area contributed by atoms with Crippen LogP contribution in [0.3, 0.4) is 0 Å². The number of carbonyl (C=O) groups excluding carboxylic acids is 2. The fourth-order valence-electron chi connectivity index (χ4n) is 3.61. The minimum Gasteiger partial charge on any atom is -0.354 e. The maximum Gasteiger partial charge on any atom is 0.242 e. The second kappa shape index (κ2) is 12.7. The molecule has 2 aromatic rings. The molecular formula is C26H36FN3O4S. The predicted molar refractivity (Wildman–Crippen MR) is 137 cm³/mol. The van der Waals surface area contributed by atoms with Crippen molar-refractivity contribution in [1.29, 1.82) is 0 Å². The number of aryl methyl sites for hydroxylation is 1. The number of benzene rings is 2. The first-order valence-electron chi connectivity index (χ1n) is 11.7. The average Bonchev–Trinajstić information content (AvgIpc) is 2.78. The number of sulfonamides is 1. The second-order valence-electron chi connectivity index (χ2n) is 9.24. The predicted octanol–water partition coefficient (Wildman–Crippen LogP) is 3.87.